The van der Waals surface area contributed by atoms with Crippen LogP contribution in [-0.2, 0) is 20.2 Å². The van der Waals surface area contributed by atoms with Crippen LogP contribution in [0, 0.1) is 0 Å². The van der Waals surface area contributed by atoms with Crippen LogP contribution in [0.3, 0.4) is 0 Å². The van der Waals surface area contributed by atoms with Crippen LogP contribution >= 0.6 is 23.2 Å². The molecule has 1 unspecified atom stereocenters. The molecule has 0 saturated carbocycles. The van der Waals surface area contributed by atoms with E-state index in [2.05, 4.69) is 5.32 Å². The zero-order valence-electron chi connectivity index (χ0n) is 7.16. The van der Waals surface area contributed by atoms with Crippen molar-refractivity contribution in [2.75, 3.05) is 5.32 Å². The van der Waals surface area contributed by atoms with Gasteiger partial charge in [-0.25, -0.2) is 4.21 Å². The molecule has 0 bridgehead atoms. The fourth-order valence-electron chi connectivity index (χ4n) is 1.32. The summed E-state index contributed by atoms with van der Waals surface area (Å²) >= 11 is 9.47. The zero-order valence-corrected chi connectivity index (χ0v) is 9.49. The van der Waals surface area contributed by atoms with Gasteiger partial charge in [0.15, 0.2) is 11.1 Å². The first-order chi connectivity index (χ1) is 6.93. The molecule has 15 heavy (non-hydrogen) atoms. The molecule has 2 rings (SSSR count). The van der Waals surface area contributed by atoms with Crippen molar-refractivity contribution in [3.05, 3.63) is 23.8 Å². The third kappa shape index (κ3) is 1.65. The summed E-state index contributed by atoms with van der Waals surface area (Å²) in [6.45, 7) is 0. The molecule has 1 heterocycles. The highest BCUT2D eigenvalue weighted by atomic mass is 35.5. The summed E-state index contributed by atoms with van der Waals surface area (Å²) in [6, 6.07) is 4.25. The molecule has 0 spiro atoms. The van der Waals surface area contributed by atoms with Crippen LogP contribution in [-0.4, -0.2) is 14.7 Å². The summed E-state index contributed by atoms with van der Waals surface area (Å²) in [5, 5.41) is 2.47. The van der Waals surface area contributed by atoms with Crippen LogP contribution in [0.1, 0.15) is 5.56 Å². The molecular weight excluding hydrogens is 261 g/mol. The van der Waals surface area contributed by atoms with Gasteiger partial charge in [-0.3, -0.25) is 4.79 Å². The van der Waals surface area contributed by atoms with E-state index in [1.54, 1.807) is 0 Å². The van der Waals surface area contributed by atoms with Crippen molar-refractivity contribution in [2.45, 2.75) is 9.23 Å². The summed E-state index contributed by atoms with van der Waals surface area (Å²) in [5.74, 6) is -0.554. The smallest absolute Gasteiger partial charge is 0.265 e. The number of hydrogen-bond donors (Lipinski definition) is 2. The van der Waals surface area contributed by atoms with E-state index in [1.165, 1.54) is 18.2 Å². The van der Waals surface area contributed by atoms with Gasteiger partial charge in [0, 0.05) is 11.3 Å². The molecule has 1 amide bonds. The summed E-state index contributed by atoms with van der Waals surface area (Å²) in [5.41, 5.74) is 0.759. The Bertz CT molecular complexity index is 475. The predicted octanol–water partition coefficient (Wildman–Crippen LogP) is 1.85. The number of amides is 1. The number of rotatable bonds is 1. The van der Waals surface area contributed by atoms with Crippen LogP contribution in [0.4, 0.5) is 5.69 Å². The highest BCUT2D eigenvalue weighted by Crippen LogP contribution is 2.44. The summed E-state index contributed by atoms with van der Waals surface area (Å²) in [6.07, 6.45) is 0. The highest BCUT2D eigenvalue weighted by Gasteiger charge is 2.43. The van der Waals surface area contributed by atoms with Gasteiger partial charge in [0.25, 0.3) is 5.91 Å². The van der Waals surface area contributed by atoms with Gasteiger partial charge < -0.3 is 9.87 Å². The minimum absolute atomic E-state index is 0.149. The lowest BCUT2D eigenvalue weighted by molar-refractivity contribution is -0.116. The lowest BCUT2D eigenvalue weighted by atomic mass is 10.1. The first kappa shape index (κ1) is 10.9. The van der Waals surface area contributed by atoms with E-state index in [9.17, 15) is 9.00 Å². The monoisotopic (exact) mass is 265 g/mol. The predicted molar refractivity (Wildman–Crippen MR) is 57.5 cm³/mol. The second-order valence-electron chi connectivity index (χ2n) is 2.99. The summed E-state index contributed by atoms with van der Waals surface area (Å²) in [4.78, 5) is 11.5. The molecule has 4 nitrogen and oxygen atoms in total. The second-order valence-corrected chi connectivity index (χ2v) is 5.28. The van der Waals surface area contributed by atoms with Gasteiger partial charge in [0.05, 0.1) is 4.90 Å². The van der Waals surface area contributed by atoms with Crippen LogP contribution in [0.25, 0.3) is 0 Å². The number of alkyl halides is 2. The number of fused-ring (bicyclic) bond motifs is 1. The molecule has 2 N–H and O–H groups in total. The van der Waals surface area contributed by atoms with Crippen molar-refractivity contribution in [2.24, 2.45) is 0 Å². The molecule has 0 fully saturated rings. The number of anilines is 1. The molecular formula is C8H5Cl2NO3S. The van der Waals surface area contributed by atoms with Gasteiger partial charge in [-0.2, -0.15) is 0 Å². The number of halogens is 2. The van der Waals surface area contributed by atoms with Gasteiger partial charge in [-0.05, 0) is 18.2 Å². The topological polar surface area (TPSA) is 66.4 Å². The zero-order chi connectivity index (χ0) is 11.2. The Morgan fingerprint density at radius 1 is 1.40 bits per heavy atom. The van der Waals surface area contributed by atoms with Crippen molar-refractivity contribution in [3.63, 3.8) is 0 Å². The van der Waals surface area contributed by atoms with Gasteiger partial charge >= 0.3 is 0 Å². The van der Waals surface area contributed by atoms with E-state index < -0.39 is 21.3 Å². The molecule has 1 atom stereocenters. The molecule has 1 aliphatic heterocycles. The van der Waals surface area contributed by atoms with Crippen LogP contribution < -0.4 is 5.32 Å². The molecule has 1 aromatic carbocycles. The molecule has 1 aliphatic rings. The third-order valence-electron chi connectivity index (χ3n) is 2.06. The molecule has 0 radical (unpaired) electrons. The Hall–Kier alpha value is -0.620. The number of carbonyl (C=O) groups excluding carboxylic acids is 1. The van der Waals surface area contributed by atoms with E-state index in [4.69, 9.17) is 27.8 Å². The Balaban J connectivity index is 2.59. The first-order valence-corrected chi connectivity index (χ1v) is 5.74. The minimum atomic E-state index is -2.12. The van der Waals surface area contributed by atoms with E-state index in [1.807, 2.05) is 0 Å². The quantitative estimate of drug-likeness (QED) is 0.602. The summed E-state index contributed by atoms with van der Waals surface area (Å²) < 4.78 is 18.0. The van der Waals surface area contributed by atoms with Crippen LogP contribution in [0.2, 0.25) is 0 Å². The van der Waals surface area contributed by atoms with Crippen molar-refractivity contribution in [1.82, 2.24) is 0 Å². The van der Waals surface area contributed by atoms with E-state index in [0.29, 0.717) is 11.3 Å². The molecule has 80 valence electrons. The average Bonchev–Trinajstić information content (AvgIpc) is 2.38. The lowest BCUT2D eigenvalue weighted by Crippen LogP contribution is -2.21. The third-order valence-corrected chi connectivity index (χ3v) is 3.47. The summed E-state index contributed by atoms with van der Waals surface area (Å²) in [7, 11) is 0. The van der Waals surface area contributed by atoms with Crippen molar-refractivity contribution >= 4 is 45.9 Å². The fourth-order valence-corrected chi connectivity index (χ4v) is 2.13. The Kier molecular flexibility index (Phi) is 2.50. The van der Waals surface area contributed by atoms with E-state index >= 15 is 0 Å². The molecule has 0 saturated heterocycles. The Morgan fingerprint density at radius 3 is 2.67 bits per heavy atom. The molecule has 0 aliphatic carbocycles. The maximum Gasteiger partial charge on any atom is 0.265 e. The normalized spacial score (nSPS) is 19.5. The van der Waals surface area contributed by atoms with Crippen molar-refractivity contribution < 1.29 is 13.6 Å². The number of carbonyl (C=O) groups is 1. The minimum Gasteiger partial charge on any atom is -0.323 e. The van der Waals surface area contributed by atoms with E-state index in [-0.39, 0.29) is 4.90 Å². The highest BCUT2D eigenvalue weighted by molar-refractivity contribution is 7.79. The Morgan fingerprint density at radius 2 is 2.07 bits per heavy atom. The van der Waals surface area contributed by atoms with Crippen LogP contribution in [0.5, 0.6) is 0 Å². The van der Waals surface area contributed by atoms with Crippen molar-refractivity contribution in [3.8, 4) is 0 Å². The van der Waals surface area contributed by atoms with Gasteiger partial charge in [-0.15, -0.1) is 0 Å². The number of hydrogen-bond acceptors (Lipinski definition) is 2. The van der Waals surface area contributed by atoms with Gasteiger partial charge in [0.2, 0.25) is 4.33 Å². The molecule has 1 aromatic rings. The lowest BCUT2D eigenvalue weighted by Gasteiger charge is -2.09. The Labute approximate surface area is 97.9 Å². The van der Waals surface area contributed by atoms with E-state index in [0.717, 1.165) is 0 Å². The van der Waals surface area contributed by atoms with Crippen LogP contribution in [0.15, 0.2) is 23.1 Å². The van der Waals surface area contributed by atoms with Crippen molar-refractivity contribution in [1.29, 1.82) is 0 Å². The standard InChI is InChI=1S/C8H5Cl2NO3S/c9-8(10)5-3-4(15(13)14)1-2-6(5)11-7(8)12/h1-3H,(H,11,12)(H,13,14). The number of benzene rings is 1. The van der Waals surface area contributed by atoms with Gasteiger partial charge in [0.1, 0.15) is 0 Å². The molecule has 7 heteroatoms. The first-order valence-electron chi connectivity index (χ1n) is 3.87. The number of nitrogens with one attached hydrogen (secondary N) is 1. The largest absolute Gasteiger partial charge is 0.323 e. The average molecular weight is 266 g/mol. The molecule has 0 aromatic heterocycles. The second kappa shape index (κ2) is 3.45. The maximum absolute atomic E-state index is 11.3. The maximum atomic E-state index is 11.3. The van der Waals surface area contributed by atoms with Gasteiger partial charge in [-0.1, -0.05) is 23.2 Å². The fraction of sp³-hybridized carbons (Fsp3) is 0.125. The SMILES string of the molecule is O=C1Nc2ccc(S(=O)O)cc2C1(Cl)Cl.